The number of carbonyl (C=O) groups excluding carboxylic acids is 2. The van der Waals surface area contributed by atoms with Gasteiger partial charge in [0.25, 0.3) is 5.56 Å². The molecular weight excluding hydrogens is 1100 g/mol. The highest BCUT2D eigenvalue weighted by Gasteiger charge is 2.38. The molecule has 0 amide bonds. The molecule has 0 aliphatic carbocycles. The van der Waals surface area contributed by atoms with Gasteiger partial charge in [-0.2, -0.15) is 0 Å². The molecule has 508 valence electrons. The highest BCUT2D eigenvalue weighted by molar-refractivity contribution is 5.77. The number of hydrogen-bond donors (Lipinski definition) is 1. The molecule has 1 aromatic carbocycles. The van der Waals surface area contributed by atoms with E-state index in [9.17, 15) is 19.2 Å². The average molecular weight is 1240 g/mol. The van der Waals surface area contributed by atoms with E-state index in [1.54, 1.807) is 6.92 Å². The van der Waals surface area contributed by atoms with E-state index in [1.165, 1.54) is 280 Å². The summed E-state index contributed by atoms with van der Waals surface area (Å²) >= 11 is 0. The summed E-state index contributed by atoms with van der Waals surface area (Å²) in [6, 6.07) is 3.88. The van der Waals surface area contributed by atoms with Crippen molar-refractivity contribution in [1.29, 1.82) is 0 Å². The van der Waals surface area contributed by atoms with Crippen LogP contribution in [-0.4, -0.2) is 53.5 Å². The van der Waals surface area contributed by atoms with Gasteiger partial charge < -0.3 is 28.4 Å². The molecule has 1 N–H and O–H groups in total. The van der Waals surface area contributed by atoms with Crippen molar-refractivity contribution >= 4 is 11.9 Å². The Labute approximate surface area is 538 Å². The second-order valence-electron chi connectivity index (χ2n) is 26.3. The van der Waals surface area contributed by atoms with Crippen molar-refractivity contribution in [3.63, 3.8) is 0 Å². The number of hydrogen-bond acceptors (Lipinski definition) is 10. The normalized spacial score (nSPS) is 14.9. The minimum absolute atomic E-state index is 0.0124. The Balaban J connectivity index is 1.58. The van der Waals surface area contributed by atoms with Crippen molar-refractivity contribution in [3.05, 3.63) is 50.3 Å². The number of ether oxygens (including phenoxy) is 6. The number of nitrogens with one attached hydrogen (secondary N) is 1. The lowest BCUT2D eigenvalue weighted by Gasteiger charge is -2.19. The van der Waals surface area contributed by atoms with Gasteiger partial charge in [0.15, 0.2) is 11.5 Å². The van der Waals surface area contributed by atoms with Gasteiger partial charge in [-0.05, 0) is 50.3 Å². The monoisotopic (exact) mass is 1240 g/mol. The summed E-state index contributed by atoms with van der Waals surface area (Å²) in [5.74, 6) is 0.817. The Morgan fingerprint density at radius 3 is 1.15 bits per heavy atom. The predicted octanol–water partition coefficient (Wildman–Crippen LogP) is 21.9. The van der Waals surface area contributed by atoms with Crippen LogP contribution < -0.4 is 25.5 Å². The smallest absolute Gasteiger partial charge is 0.330 e. The minimum atomic E-state index is -0.697. The molecular formula is C76H134N2O10. The van der Waals surface area contributed by atoms with Crippen LogP contribution in [0.15, 0.2) is 27.9 Å². The molecule has 88 heavy (non-hydrogen) atoms. The molecule has 1 saturated heterocycles. The first kappa shape index (κ1) is 78.4. The first-order valence-corrected chi connectivity index (χ1v) is 37.6. The molecule has 0 spiro atoms. The van der Waals surface area contributed by atoms with Gasteiger partial charge in [-0.15, -0.1) is 0 Å². The molecule has 3 atom stereocenters. The molecule has 1 aliphatic heterocycles. The van der Waals surface area contributed by atoms with Crippen LogP contribution in [-0.2, 0) is 30.4 Å². The number of aromatic amines is 1. The maximum Gasteiger partial charge on any atom is 0.330 e. The summed E-state index contributed by atoms with van der Waals surface area (Å²) in [7, 11) is 0. The van der Waals surface area contributed by atoms with Crippen LogP contribution >= 0.6 is 0 Å². The summed E-state index contributed by atoms with van der Waals surface area (Å²) in [6.45, 7) is 12.1. The number of nitrogens with zero attached hydrogens (tertiary/aromatic N) is 1. The summed E-state index contributed by atoms with van der Waals surface area (Å²) in [5.41, 5.74) is 0.0828. The molecule has 0 bridgehead atoms. The third kappa shape index (κ3) is 39.5. The zero-order chi connectivity index (χ0) is 63.2. The number of esters is 2. The summed E-state index contributed by atoms with van der Waals surface area (Å²) < 4.78 is 39.0. The van der Waals surface area contributed by atoms with Gasteiger partial charge in [0, 0.05) is 18.2 Å². The summed E-state index contributed by atoms with van der Waals surface area (Å²) in [5, 5.41) is 0. The Morgan fingerprint density at radius 1 is 0.466 bits per heavy atom. The number of rotatable bonds is 62. The fraction of sp³-hybridized carbons (Fsp3) is 0.842. The van der Waals surface area contributed by atoms with Crippen molar-refractivity contribution in [3.8, 4) is 17.2 Å². The molecule has 3 rings (SSSR count). The fourth-order valence-corrected chi connectivity index (χ4v) is 12.4. The average Bonchev–Trinajstić information content (AvgIpc) is 2.06. The van der Waals surface area contributed by atoms with Crippen LogP contribution in [0.25, 0.3) is 0 Å². The van der Waals surface area contributed by atoms with E-state index in [4.69, 9.17) is 28.4 Å². The van der Waals surface area contributed by atoms with E-state index in [-0.39, 0.29) is 25.9 Å². The lowest BCUT2D eigenvalue weighted by atomic mass is 10.0. The number of carbonyl (C=O) groups is 2. The van der Waals surface area contributed by atoms with Crippen LogP contribution in [0.1, 0.15) is 379 Å². The van der Waals surface area contributed by atoms with E-state index in [2.05, 4.69) is 25.8 Å². The van der Waals surface area contributed by atoms with Crippen molar-refractivity contribution in [2.45, 2.75) is 394 Å². The third-order valence-corrected chi connectivity index (χ3v) is 18.1. The molecule has 2 aromatic rings. The van der Waals surface area contributed by atoms with Gasteiger partial charge >= 0.3 is 17.6 Å². The van der Waals surface area contributed by atoms with Gasteiger partial charge in [0.1, 0.15) is 18.9 Å². The lowest BCUT2D eigenvalue weighted by molar-refractivity contribution is -0.156. The quantitative estimate of drug-likeness (QED) is 0.0502. The number of unbranched alkanes of at least 4 members (excludes halogenated alkanes) is 45. The zero-order valence-corrected chi connectivity index (χ0v) is 57.6. The minimum Gasteiger partial charge on any atom is -0.490 e. The van der Waals surface area contributed by atoms with Crippen molar-refractivity contribution in [1.82, 2.24) is 9.55 Å². The van der Waals surface area contributed by atoms with Gasteiger partial charge in [-0.3, -0.25) is 23.9 Å². The van der Waals surface area contributed by atoms with E-state index in [0.717, 1.165) is 44.1 Å². The fourth-order valence-electron chi connectivity index (χ4n) is 12.4. The van der Waals surface area contributed by atoms with Crippen LogP contribution in [0.4, 0.5) is 0 Å². The number of aryl methyl sites for hydroxylation is 1. The van der Waals surface area contributed by atoms with Crippen LogP contribution in [0, 0.1) is 6.92 Å². The van der Waals surface area contributed by atoms with E-state index >= 15 is 0 Å². The van der Waals surface area contributed by atoms with Crippen LogP contribution in [0.3, 0.4) is 0 Å². The second-order valence-corrected chi connectivity index (χ2v) is 26.3. The van der Waals surface area contributed by atoms with Crippen molar-refractivity contribution in [2.24, 2.45) is 0 Å². The largest absolute Gasteiger partial charge is 0.490 e. The van der Waals surface area contributed by atoms with Gasteiger partial charge in [-0.25, -0.2) is 4.79 Å². The molecule has 1 aliphatic rings. The maximum atomic E-state index is 13.3. The molecule has 1 fully saturated rings. The van der Waals surface area contributed by atoms with Gasteiger partial charge in [0.2, 0.25) is 5.75 Å². The first-order chi connectivity index (χ1) is 43.2. The number of benzene rings is 1. The third-order valence-electron chi connectivity index (χ3n) is 18.1. The SMILES string of the molecule is CCCCCCCCCCCCCCCCCCOc1cc(COC(=O)CCC(=O)OC2CC(n3cc(C)c(=O)[nH]c3=O)O[C@@H]2CC)cc(OCCCCCCCCCCCCCCCCCC)c1OCCCCCCCCCCCCCCCCCC. The molecule has 12 nitrogen and oxygen atoms in total. The highest BCUT2D eigenvalue weighted by atomic mass is 16.6. The Bertz CT molecular complexity index is 2040. The number of aromatic nitrogens is 2. The second kappa shape index (κ2) is 54.9. The Kier molecular flexibility index (Phi) is 48.9. The molecule has 1 aromatic heterocycles. The Morgan fingerprint density at radius 2 is 0.795 bits per heavy atom. The van der Waals surface area contributed by atoms with Gasteiger partial charge in [0.05, 0.1) is 38.8 Å². The van der Waals surface area contributed by atoms with Crippen LogP contribution in [0.5, 0.6) is 17.2 Å². The van der Waals surface area contributed by atoms with Crippen molar-refractivity contribution < 1.29 is 38.0 Å². The van der Waals surface area contributed by atoms with E-state index in [1.807, 2.05) is 19.1 Å². The summed E-state index contributed by atoms with van der Waals surface area (Å²) in [4.78, 5) is 53.4. The Hall–Kier alpha value is -3.80. The lowest BCUT2D eigenvalue weighted by Crippen LogP contribution is -2.33. The number of H-pyrrole nitrogens is 1. The molecule has 12 heteroatoms. The highest BCUT2D eigenvalue weighted by Crippen LogP contribution is 2.40. The first-order valence-electron chi connectivity index (χ1n) is 37.6. The van der Waals surface area contributed by atoms with Crippen molar-refractivity contribution in [2.75, 3.05) is 19.8 Å². The maximum absolute atomic E-state index is 13.3. The van der Waals surface area contributed by atoms with E-state index < -0.39 is 41.6 Å². The van der Waals surface area contributed by atoms with Crippen LogP contribution in [0.2, 0.25) is 0 Å². The standard InChI is InChI=1S/C76H134N2O10/c1-6-10-13-16-19-22-25-28-31-34-37-40-43-46-49-52-57-83-69-60-66(64-86-72(79)55-56-73(80)88-68-62-71(87-67(68)9-4)78-63-65(5)75(81)77-76(78)82)61-70(84-58-53-50-47-44-41-38-35-32-29-26-23-20-17-14-11-7-2)74(69)85-59-54-51-48-45-42-39-36-33-30-27-24-21-18-15-12-8-3/h60-61,63,67-68,71H,6-59,62,64H2,1-5H3,(H,77,81,82)/t67-,68?,71?/m1/s1. The molecule has 2 heterocycles. The predicted molar refractivity (Wildman–Crippen MR) is 365 cm³/mol. The molecule has 0 saturated carbocycles. The van der Waals surface area contributed by atoms with E-state index in [0.29, 0.717) is 49.1 Å². The van der Waals surface area contributed by atoms with Gasteiger partial charge in [-0.1, -0.05) is 317 Å². The zero-order valence-electron chi connectivity index (χ0n) is 57.6. The molecule has 2 unspecified atom stereocenters. The topological polar surface area (TPSA) is 144 Å². The molecule has 0 radical (unpaired) electrons. The summed E-state index contributed by atoms with van der Waals surface area (Å²) in [6.07, 6.45) is 63.2.